The summed E-state index contributed by atoms with van der Waals surface area (Å²) >= 11 is 3.44. The molecule has 0 fully saturated rings. The summed E-state index contributed by atoms with van der Waals surface area (Å²) in [5, 5.41) is 4.44. The highest BCUT2D eigenvalue weighted by Gasteiger charge is 2.22. The number of carbonyl (C=O) groups is 2. The predicted octanol–water partition coefficient (Wildman–Crippen LogP) is 6.71. The second-order valence-corrected chi connectivity index (χ2v) is 9.32. The molecule has 37 heavy (non-hydrogen) atoms. The van der Waals surface area contributed by atoms with Crippen molar-refractivity contribution >= 4 is 27.7 Å². The summed E-state index contributed by atoms with van der Waals surface area (Å²) in [5.74, 6) is -0.690. The second-order valence-electron chi connectivity index (χ2n) is 8.41. The highest BCUT2D eigenvalue weighted by atomic mass is 79.9. The van der Waals surface area contributed by atoms with Gasteiger partial charge in [0.2, 0.25) is 0 Å². The van der Waals surface area contributed by atoms with Gasteiger partial charge in [-0.2, -0.15) is 0 Å². The summed E-state index contributed by atoms with van der Waals surface area (Å²) in [4.78, 5) is 30.0. The fourth-order valence-corrected chi connectivity index (χ4v) is 4.18. The Balaban J connectivity index is 1.35. The van der Waals surface area contributed by atoms with Crippen molar-refractivity contribution < 1.29 is 14.3 Å². The summed E-state index contributed by atoms with van der Waals surface area (Å²) in [5.41, 5.74) is 5.07. The molecule has 1 aromatic heterocycles. The number of benzene rings is 4. The molecule has 1 heterocycles. The molecule has 0 saturated carbocycles. The molecule has 0 unspecified atom stereocenters. The number of aromatic nitrogens is 3. The van der Waals surface area contributed by atoms with E-state index in [9.17, 15) is 9.59 Å². The summed E-state index contributed by atoms with van der Waals surface area (Å²) in [7, 11) is 0. The quantitative estimate of drug-likeness (QED) is 0.166. The highest BCUT2D eigenvalue weighted by Crippen LogP contribution is 2.25. The topological polar surface area (TPSA) is 74.1 Å². The van der Waals surface area contributed by atoms with E-state index < -0.39 is 12.6 Å². The molecule has 0 amide bonds. The van der Waals surface area contributed by atoms with Gasteiger partial charge in [0.05, 0.1) is 5.69 Å². The van der Waals surface area contributed by atoms with Gasteiger partial charge in [-0.1, -0.05) is 101 Å². The molecular weight excluding hydrogens is 530 g/mol. The summed E-state index contributed by atoms with van der Waals surface area (Å²) in [6.07, 6.45) is 0. The van der Waals surface area contributed by atoms with Crippen LogP contribution in [0.15, 0.2) is 108 Å². The van der Waals surface area contributed by atoms with Crippen molar-refractivity contribution in [2.45, 2.75) is 6.92 Å². The number of carbonyl (C=O) groups excluding carboxylic acids is 2. The largest absolute Gasteiger partial charge is 0.451 e. The molecule has 0 aliphatic heterocycles. The van der Waals surface area contributed by atoms with Crippen LogP contribution in [0.1, 0.15) is 26.5 Å². The SMILES string of the molecule is Cc1ccccc1-n1nc(C(=O)OCC(=O)c2ccc(-c3ccccc3)cc2)nc1-c1ccc(Br)cc1. The average molecular weight is 552 g/mol. The Morgan fingerprint density at radius 3 is 2.11 bits per heavy atom. The minimum absolute atomic E-state index is 0.117. The fraction of sp³-hybridized carbons (Fsp3) is 0.0667. The summed E-state index contributed by atoms with van der Waals surface area (Å²) in [6, 6.07) is 32.4. The zero-order valence-corrected chi connectivity index (χ0v) is 21.6. The molecule has 6 nitrogen and oxygen atoms in total. The Hall–Kier alpha value is -4.36. The lowest BCUT2D eigenvalue weighted by Gasteiger charge is -2.08. The predicted molar refractivity (Wildman–Crippen MR) is 146 cm³/mol. The van der Waals surface area contributed by atoms with Gasteiger partial charge in [0, 0.05) is 15.6 Å². The smallest absolute Gasteiger partial charge is 0.378 e. The Bertz CT molecular complexity index is 1560. The van der Waals surface area contributed by atoms with Crippen molar-refractivity contribution in [3.05, 3.63) is 125 Å². The number of nitrogens with zero attached hydrogens (tertiary/aromatic N) is 3. The first-order chi connectivity index (χ1) is 18.0. The first kappa shape index (κ1) is 24.3. The summed E-state index contributed by atoms with van der Waals surface area (Å²) in [6.45, 7) is 1.55. The third kappa shape index (κ3) is 5.42. The maximum atomic E-state index is 12.9. The van der Waals surface area contributed by atoms with Gasteiger partial charge in [-0.3, -0.25) is 4.79 Å². The molecule has 0 atom stereocenters. The lowest BCUT2D eigenvalue weighted by Crippen LogP contribution is -2.15. The van der Waals surface area contributed by atoms with Crippen LogP contribution in [0.5, 0.6) is 0 Å². The van der Waals surface area contributed by atoms with Gasteiger partial charge < -0.3 is 4.74 Å². The number of aryl methyl sites for hydroxylation is 1. The maximum absolute atomic E-state index is 12.9. The first-order valence-electron chi connectivity index (χ1n) is 11.6. The second kappa shape index (κ2) is 10.7. The third-order valence-corrected chi connectivity index (χ3v) is 6.41. The molecule has 0 bridgehead atoms. The van der Waals surface area contributed by atoms with E-state index in [2.05, 4.69) is 26.0 Å². The Morgan fingerprint density at radius 2 is 1.41 bits per heavy atom. The van der Waals surface area contributed by atoms with E-state index in [1.54, 1.807) is 16.8 Å². The minimum atomic E-state index is -0.764. The van der Waals surface area contributed by atoms with Crippen molar-refractivity contribution in [2.24, 2.45) is 0 Å². The number of rotatable bonds is 7. The Morgan fingerprint density at radius 1 is 0.784 bits per heavy atom. The average Bonchev–Trinajstić information content (AvgIpc) is 3.38. The van der Waals surface area contributed by atoms with Gasteiger partial charge in [-0.05, 0) is 41.8 Å². The molecule has 0 radical (unpaired) electrons. The Labute approximate surface area is 222 Å². The van der Waals surface area contributed by atoms with Crippen LogP contribution in [0.4, 0.5) is 0 Å². The number of para-hydroxylation sites is 1. The number of ketones is 1. The lowest BCUT2D eigenvalue weighted by atomic mass is 10.0. The molecular formula is C30H22BrN3O3. The molecule has 0 aliphatic rings. The van der Waals surface area contributed by atoms with Crippen LogP contribution in [0, 0.1) is 6.92 Å². The van der Waals surface area contributed by atoms with Crippen LogP contribution >= 0.6 is 15.9 Å². The molecule has 0 spiro atoms. The molecule has 182 valence electrons. The maximum Gasteiger partial charge on any atom is 0.378 e. The van der Waals surface area contributed by atoms with Gasteiger partial charge in [-0.25, -0.2) is 14.5 Å². The third-order valence-electron chi connectivity index (χ3n) is 5.88. The van der Waals surface area contributed by atoms with E-state index in [0.29, 0.717) is 11.4 Å². The van der Waals surface area contributed by atoms with Crippen molar-refractivity contribution in [2.75, 3.05) is 6.61 Å². The van der Waals surface area contributed by atoms with Crippen LogP contribution in [-0.2, 0) is 4.74 Å². The molecule has 0 saturated heterocycles. The van der Waals surface area contributed by atoms with Gasteiger partial charge in [0.25, 0.3) is 5.82 Å². The van der Waals surface area contributed by atoms with Gasteiger partial charge in [0.15, 0.2) is 18.2 Å². The fourth-order valence-electron chi connectivity index (χ4n) is 3.91. The molecule has 5 aromatic rings. The highest BCUT2D eigenvalue weighted by molar-refractivity contribution is 9.10. The molecule has 4 aromatic carbocycles. The molecule has 0 aliphatic carbocycles. The minimum Gasteiger partial charge on any atom is -0.451 e. The summed E-state index contributed by atoms with van der Waals surface area (Å²) < 4.78 is 7.86. The monoisotopic (exact) mass is 551 g/mol. The van der Waals surface area contributed by atoms with Crippen LogP contribution in [0.25, 0.3) is 28.2 Å². The number of esters is 1. The number of ether oxygens (including phenoxy) is 1. The standard InChI is InChI=1S/C30H22BrN3O3/c1-20-7-5-6-10-26(20)34-29(24-15-17-25(31)18-16-24)32-28(33-34)30(36)37-19-27(35)23-13-11-22(12-14-23)21-8-3-2-4-9-21/h2-18H,19H2,1H3. The number of hydrogen-bond donors (Lipinski definition) is 0. The normalized spacial score (nSPS) is 10.8. The molecule has 0 N–H and O–H groups in total. The van der Waals surface area contributed by atoms with E-state index in [0.717, 1.165) is 32.4 Å². The number of Topliss-reactive ketones (excluding diaryl/α,β-unsaturated/α-hetero) is 1. The van der Waals surface area contributed by atoms with Crippen molar-refractivity contribution in [3.8, 4) is 28.2 Å². The van der Waals surface area contributed by atoms with E-state index in [1.807, 2.05) is 97.9 Å². The van der Waals surface area contributed by atoms with Crippen molar-refractivity contribution in [3.63, 3.8) is 0 Å². The van der Waals surface area contributed by atoms with Crippen LogP contribution < -0.4 is 0 Å². The van der Waals surface area contributed by atoms with E-state index in [-0.39, 0.29) is 11.6 Å². The lowest BCUT2D eigenvalue weighted by molar-refractivity contribution is 0.0462. The van der Waals surface area contributed by atoms with E-state index >= 15 is 0 Å². The Kier molecular flexibility index (Phi) is 7.05. The molecule has 7 heteroatoms. The first-order valence-corrected chi connectivity index (χ1v) is 12.4. The van der Waals surface area contributed by atoms with Crippen molar-refractivity contribution in [1.29, 1.82) is 0 Å². The van der Waals surface area contributed by atoms with E-state index in [1.165, 1.54) is 0 Å². The zero-order chi connectivity index (χ0) is 25.8. The van der Waals surface area contributed by atoms with Crippen LogP contribution in [0.3, 0.4) is 0 Å². The van der Waals surface area contributed by atoms with Gasteiger partial charge in [0.1, 0.15) is 0 Å². The number of halogens is 1. The van der Waals surface area contributed by atoms with Gasteiger partial charge >= 0.3 is 5.97 Å². The number of hydrogen-bond acceptors (Lipinski definition) is 5. The van der Waals surface area contributed by atoms with Crippen molar-refractivity contribution in [1.82, 2.24) is 14.8 Å². The molecule has 5 rings (SSSR count). The zero-order valence-electron chi connectivity index (χ0n) is 20.0. The van der Waals surface area contributed by atoms with Crippen LogP contribution in [0.2, 0.25) is 0 Å². The van der Waals surface area contributed by atoms with Crippen LogP contribution in [-0.4, -0.2) is 33.1 Å². The van der Waals surface area contributed by atoms with E-state index in [4.69, 9.17) is 4.74 Å². The van der Waals surface area contributed by atoms with Gasteiger partial charge in [-0.15, -0.1) is 5.10 Å².